The molecule has 3 amide bonds. The van der Waals surface area contributed by atoms with Gasteiger partial charge in [-0.3, -0.25) is 9.59 Å². The molecule has 2 bridgehead atoms. The monoisotopic (exact) mass is 896 g/mol. The molecule has 2 spiro atoms. The molecule has 5 fully saturated rings. The Morgan fingerprint density at radius 2 is 1.35 bits per heavy atom. The lowest BCUT2D eigenvalue weighted by Gasteiger charge is -2.34. The highest BCUT2D eigenvalue weighted by Crippen LogP contribution is 2.56. The van der Waals surface area contributed by atoms with Crippen molar-refractivity contribution in [2.75, 3.05) is 26.9 Å². The zero-order chi connectivity index (χ0) is 45.5. The molecule has 4 aromatic rings. The van der Waals surface area contributed by atoms with Gasteiger partial charge < -0.3 is 34.6 Å². The van der Waals surface area contributed by atoms with Crippen molar-refractivity contribution in [1.29, 1.82) is 0 Å². The fourth-order valence-corrected chi connectivity index (χ4v) is 14.1. The third-order valence-corrected chi connectivity index (χ3v) is 17.3. The number of amides is 3. The molecule has 2 aromatic carbocycles. The number of likely N-dealkylation sites (tertiary alicyclic amines) is 2. The number of aromatic nitrogens is 4. The molecule has 3 N–H and O–H groups in total. The van der Waals surface area contributed by atoms with Gasteiger partial charge in [-0.25, -0.2) is 14.8 Å². The second-order valence-corrected chi connectivity index (χ2v) is 22.2. The molecule has 3 aliphatic heterocycles. The average molecular weight is 896 g/mol. The number of piperidine rings is 1. The Kier molecular flexibility index (Phi) is 11.2. The lowest BCUT2D eigenvalue weighted by Crippen LogP contribution is -2.51. The number of methoxy groups -OCH3 is 1. The van der Waals surface area contributed by atoms with Crippen LogP contribution in [0.25, 0.3) is 33.6 Å². The van der Waals surface area contributed by atoms with Gasteiger partial charge in [0.05, 0.1) is 43.0 Å². The first-order valence-corrected chi connectivity index (χ1v) is 25.4. The van der Waals surface area contributed by atoms with Gasteiger partial charge in [-0.05, 0) is 145 Å². The van der Waals surface area contributed by atoms with Gasteiger partial charge >= 0.3 is 6.09 Å². The summed E-state index contributed by atoms with van der Waals surface area (Å²) in [6.07, 6.45) is 20.5. The SMILES string of the molecule is COC(=O)N[C@H](C(=O)N1CCC[C@H]1c1ncc(-c2ccc(-c3ccc(-c4cnc([C@@H]5C6CCC(C6)N5C(=O)CC(C)C)[nH]4)c4c3CC3(CCOCC3)C4)c3c2CC2(CCCC2)C3)[nH]1)C(C)C. The van der Waals surface area contributed by atoms with Gasteiger partial charge in [-0.2, -0.15) is 0 Å². The summed E-state index contributed by atoms with van der Waals surface area (Å²) in [5, 5.41) is 2.78. The van der Waals surface area contributed by atoms with Crippen LogP contribution in [0.5, 0.6) is 0 Å². The maximum absolute atomic E-state index is 14.0. The van der Waals surface area contributed by atoms with Gasteiger partial charge in [0.1, 0.15) is 17.7 Å². The number of carbonyl (C=O) groups excluding carboxylic acids is 3. The average Bonchev–Trinajstić information content (AvgIpc) is 4.16. The normalized spacial score (nSPS) is 25.1. The Bertz CT molecular complexity index is 2530. The number of imidazole rings is 2. The number of nitrogens with one attached hydrogen (secondary N) is 3. The van der Waals surface area contributed by atoms with Crippen LogP contribution in [-0.4, -0.2) is 86.6 Å². The molecule has 11 rings (SSSR count). The number of aromatic amines is 2. The van der Waals surface area contributed by atoms with Gasteiger partial charge in [0.2, 0.25) is 11.8 Å². The van der Waals surface area contributed by atoms with Gasteiger partial charge in [-0.1, -0.05) is 64.8 Å². The molecule has 5 heterocycles. The number of carbonyl (C=O) groups is 3. The van der Waals surface area contributed by atoms with Crippen LogP contribution in [-0.2, 0) is 44.7 Å². The number of nitrogens with zero attached hydrogens (tertiary/aromatic N) is 4. The molecule has 2 aromatic heterocycles. The van der Waals surface area contributed by atoms with E-state index in [1.54, 1.807) is 0 Å². The fraction of sp³-hybridized carbons (Fsp3) is 0.611. The predicted molar refractivity (Wildman–Crippen MR) is 253 cm³/mol. The summed E-state index contributed by atoms with van der Waals surface area (Å²) in [5.74, 6) is 2.63. The molecule has 3 saturated heterocycles. The second kappa shape index (κ2) is 17.0. The number of ether oxygens (including phenoxy) is 2. The van der Waals surface area contributed by atoms with E-state index in [0.717, 1.165) is 107 Å². The summed E-state index contributed by atoms with van der Waals surface area (Å²) in [4.78, 5) is 61.6. The molecule has 2 saturated carbocycles. The molecular weight excluding hydrogens is 827 g/mol. The van der Waals surface area contributed by atoms with E-state index in [9.17, 15) is 14.4 Å². The topological polar surface area (TPSA) is 146 Å². The van der Waals surface area contributed by atoms with Gasteiger partial charge in [0.15, 0.2) is 0 Å². The standard InChI is InChI=1S/C54H69N7O5/c1-31(2)23-46(62)61-34-11-10-33(24-34)48(61)50-56-30-44(58-50)38-15-13-36(40-26-54(28-42(38)40)18-21-66-22-19-54)35-12-14-37(41-27-53(25-39(35)41)16-6-7-17-53)43-29-55-49(57-43)45-9-8-20-60(45)51(63)47(32(3)4)59-52(64)65-5/h12-15,29-34,45,47-48H,6-11,16-28H2,1-5H3,(H,55,57)(H,56,58)(H,59,64)/t33?,34?,45-,47-,48-/m0/s1. The highest BCUT2D eigenvalue weighted by atomic mass is 16.5. The van der Waals surface area contributed by atoms with E-state index in [0.29, 0.717) is 30.8 Å². The minimum Gasteiger partial charge on any atom is -0.453 e. The number of benzene rings is 2. The van der Waals surface area contributed by atoms with Crippen molar-refractivity contribution in [2.24, 2.45) is 28.6 Å². The molecule has 350 valence electrons. The maximum atomic E-state index is 14.0. The van der Waals surface area contributed by atoms with Crippen LogP contribution in [0.2, 0.25) is 0 Å². The first kappa shape index (κ1) is 43.6. The van der Waals surface area contributed by atoms with Crippen LogP contribution in [0.1, 0.15) is 151 Å². The smallest absolute Gasteiger partial charge is 0.407 e. The Morgan fingerprint density at radius 1 is 0.773 bits per heavy atom. The third-order valence-electron chi connectivity index (χ3n) is 17.3. The van der Waals surface area contributed by atoms with Crippen LogP contribution in [0, 0.1) is 28.6 Å². The number of hydrogen-bond donors (Lipinski definition) is 3. The van der Waals surface area contributed by atoms with Crippen molar-refractivity contribution in [3.63, 3.8) is 0 Å². The quantitative estimate of drug-likeness (QED) is 0.144. The van der Waals surface area contributed by atoms with Crippen LogP contribution >= 0.6 is 0 Å². The number of H-pyrrole nitrogens is 2. The van der Waals surface area contributed by atoms with Crippen molar-refractivity contribution >= 4 is 17.9 Å². The van der Waals surface area contributed by atoms with E-state index in [-0.39, 0.29) is 40.6 Å². The van der Waals surface area contributed by atoms with E-state index >= 15 is 0 Å². The van der Waals surface area contributed by atoms with Crippen molar-refractivity contribution < 1.29 is 23.9 Å². The summed E-state index contributed by atoms with van der Waals surface area (Å²) >= 11 is 0. The van der Waals surface area contributed by atoms with E-state index in [1.165, 1.54) is 77.3 Å². The van der Waals surface area contributed by atoms with Crippen molar-refractivity contribution in [2.45, 2.75) is 155 Å². The van der Waals surface area contributed by atoms with Crippen LogP contribution in [0.3, 0.4) is 0 Å². The van der Waals surface area contributed by atoms with E-state index in [2.05, 4.69) is 58.3 Å². The Balaban J connectivity index is 0.947. The molecular formula is C54H69N7O5. The first-order valence-electron chi connectivity index (χ1n) is 25.4. The van der Waals surface area contributed by atoms with Crippen LogP contribution in [0.4, 0.5) is 4.79 Å². The zero-order valence-corrected chi connectivity index (χ0v) is 39.8. The summed E-state index contributed by atoms with van der Waals surface area (Å²) < 4.78 is 10.9. The number of hydrogen-bond acceptors (Lipinski definition) is 7. The van der Waals surface area contributed by atoms with Gasteiger partial charge in [0.25, 0.3) is 0 Å². The molecule has 12 nitrogen and oxygen atoms in total. The van der Waals surface area contributed by atoms with Crippen LogP contribution in [0.15, 0.2) is 36.7 Å². The fourth-order valence-electron chi connectivity index (χ4n) is 14.1. The lowest BCUT2D eigenvalue weighted by molar-refractivity contribution is -0.137. The zero-order valence-electron chi connectivity index (χ0n) is 39.8. The van der Waals surface area contributed by atoms with Gasteiger partial charge in [-0.15, -0.1) is 0 Å². The Morgan fingerprint density at radius 3 is 1.95 bits per heavy atom. The second-order valence-electron chi connectivity index (χ2n) is 22.2. The van der Waals surface area contributed by atoms with Crippen molar-refractivity contribution in [1.82, 2.24) is 35.1 Å². The van der Waals surface area contributed by atoms with Gasteiger partial charge in [0, 0.05) is 43.3 Å². The Labute approximate surface area is 389 Å². The number of alkyl carbamates (subject to hydrolysis) is 1. The van der Waals surface area contributed by atoms with Crippen molar-refractivity contribution in [3.05, 3.63) is 70.6 Å². The maximum Gasteiger partial charge on any atom is 0.407 e. The minimum absolute atomic E-state index is 0.0278. The highest BCUT2D eigenvalue weighted by molar-refractivity contribution is 5.87. The minimum atomic E-state index is -0.677. The van der Waals surface area contributed by atoms with Crippen LogP contribution < -0.4 is 5.32 Å². The Hall–Kier alpha value is -4.97. The van der Waals surface area contributed by atoms with E-state index in [1.807, 2.05) is 31.1 Å². The van der Waals surface area contributed by atoms with Crippen molar-refractivity contribution in [3.8, 4) is 33.6 Å². The predicted octanol–water partition coefficient (Wildman–Crippen LogP) is 9.83. The molecule has 5 atom stereocenters. The highest BCUT2D eigenvalue weighted by Gasteiger charge is 2.50. The number of rotatable bonds is 10. The molecule has 66 heavy (non-hydrogen) atoms. The largest absolute Gasteiger partial charge is 0.453 e. The lowest BCUT2D eigenvalue weighted by atomic mass is 9.77. The molecule has 2 unspecified atom stereocenters. The van der Waals surface area contributed by atoms with E-state index in [4.69, 9.17) is 19.4 Å². The van der Waals surface area contributed by atoms with E-state index < -0.39 is 12.1 Å². The summed E-state index contributed by atoms with van der Waals surface area (Å²) in [6.45, 7) is 10.4. The number of fused-ring (bicyclic) bond motifs is 4. The molecule has 0 radical (unpaired) electrons. The summed E-state index contributed by atoms with van der Waals surface area (Å²) in [6, 6.07) is 9.02. The summed E-state index contributed by atoms with van der Waals surface area (Å²) in [5.41, 5.74) is 13.6. The third kappa shape index (κ3) is 7.48. The molecule has 4 aliphatic carbocycles. The molecule has 7 aliphatic rings. The first-order chi connectivity index (χ1) is 31.9. The molecule has 12 heteroatoms. The summed E-state index contributed by atoms with van der Waals surface area (Å²) in [7, 11) is 1.33.